The van der Waals surface area contributed by atoms with Crippen LogP contribution in [0, 0.1) is 5.92 Å². The van der Waals surface area contributed by atoms with Crippen LogP contribution in [-0.2, 0) is 11.3 Å². The second-order valence-electron chi connectivity index (χ2n) is 9.57. The third-order valence-electron chi connectivity index (χ3n) is 7.02. The molecule has 2 aromatic carbocycles. The van der Waals surface area contributed by atoms with Gasteiger partial charge in [0, 0.05) is 29.6 Å². The summed E-state index contributed by atoms with van der Waals surface area (Å²) in [5, 5.41) is 8.09. The first-order chi connectivity index (χ1) is 18.0. The molecule has 0 aliphatic carbocycles. The van der Waals surface area contributed by atoms with Crippen molar-refractivity contribution < 1.29 is 14.1 Å². The summed E-state index contributed by atoms with van der Waals surface area (Å²) >= 11 is 12.2. The normalized spacial score (nSPS) is 17.1. The van der Waals surface area contributed by atoms with Gasteiger partial charge in [0.1, 0.15) is 0 Å². The fraction of sp³-hybridized carbons (Fsp3) is 0.407. The van der Waals surface area contributed by atoms with Crippen molar-refractivity contribution in [3.05, 3.63) is 64.0 Å². The van der Waals surface area contributed by atoms with Crippen molar-refractivity contribution in [1.82, 2.24) is 19.9 Å². The van der Waals surface area contributed by atoms with Crippen LogP contribution in [0.4, 0.5) is 5.69 Å². The van der Waals surface area contributed by atoms with E-state index in [0.29, 0.717) is 58.0 Å². The van der Waals surface area contributed by atoms with Gasteiger partial charge in [-0.05, 0) is 75.5 Å². The molecule has 3 aromatic rings. The molecule has 0 atom stereocenters. The molecule has 37 heavy (non-hydrogen) atoms. The minimum absolute atomic E-state index is 0.00997. The smallest absolute Gasteiger partial charge is 0.255 e. The molecule has 0 spiro atoms. The summed E-state index contributed by atoms with van der Waals surface area (Å²) in [5.41, 5.74) is 1.81. The van der Waals surface area contributed by atoms with Crippen LogP contribution >= 0.6 is 23.2 Å². The molecule has 3 heterocycles. The topological polar surface area (TPSA) is 91.6 Å². The largest absolute Gasteiger partial charge is 0.339 e. The number of likely N-dealkylation sites (tertiary alicyclic amines) is 2. The van der Waals surface area contributed by atoms with Crippen molar-refractivity contribution in [3.63, 3.8) is 0 Å². The summed E-state index contributed by atoms with van der Waals surface area (Å²) < 4.78 is 5.44. The Kier molecular flexibility index (Phi) is 8.08. The van der Waals surface area contributed by atoms with E-state index in [0.717, 1.165) is 45.4 Å². The van der Waals surface area contributed by atoms with E-state index < -0.39 is 0 Å². The zero-order valence-electron chi connectivity index (χ0n) is 20.5. The zero-order valence-corrected chi connectivity index (χ0v) is 22.0. The van der Waals surface area contributed by atoms with Gasteiger partial charge in [-0.15, -0.1) is 0 Å². The number of halogens is 2. The highest BCUT2D eigenvalue weighted by Crippen LogP contribution is 2.29. The van der Waals surface area contributed by atoms with Gasteiger partial charge >= 0.3 is 0 Å². The molecule has 0 unspecified atom stereocenters. The van der Waals surface area contributed by atoms with Crippen molar-refractivity contribution in [2.75, 3.05) is 31.5 Å². The maximum absolute atomic E-state index is 13.1. The molecule has 5 rings (SSSR count). The molecule has 2 amide bonds. The van der Waals surface area contributed by atoms with Gasteiger partial charge in [0.05, 0.1) is 22.8 Å². The van der Waals surface area contributed by atoms with Crippen LogP contribution in [-0.4, -0.2) is 57.9 Å². The number of piperidine rings is 2. The fourth-order valence-corrected chi connectivity index (χ4v) is 5.42. The van der Waals surface area contributed by atoms with Gasteiger partial charge in [-0.1, -0.05) is 40.5 Å². The number of rotatable bonds is 6. The Morgan fingerprint density at radius 3 is 2.51 bits per heavy atom. The SMILES string of the molecule is O=C(Nc1ccccc1C(=O)N1CCCCC1)C1CCN(Cc2nc(-c3ccc(Cl)cc3Cl)no2)CC1. The van der Waals surface area contributed by atoms with Crippen LogP contribution < -0.4 is 5.32 Å². The quantitative estimate of drug-likeness (QED) is 0.441. The molecule has 1 aromatic heterocycles. The second kappa shape index (κ2) is 11.6. The van der Waals surface area contributed by atoms with Crippen LogP contribution in [0.25, 0.3) is 11.4 Å². The van der Waals surface area contributed by atoms with E-state index in [1.807, 2.05) is 23.1 Å². The summed E-state index contributed by atoms with van der Waals surface area (Å²) in [6.45, 7) is 3.50. The lowest BCUT2D eigenvalue weighted by Gasteiger charge is -2.30. The lowest BCUT2D eigenvalue weighted by atomic mass is 9.95. The first-order valence-corrected chi connectivity index (χ1v) is 13.4. The third-order valence-corrected chi connectivity index (χ3v) is 7.56. The number of aromatic nitrogens is 2. The Balaban J connectivity index is 1.15. The Morgan fingerprint density at radius 2 is 1.76 bits per heavy atom. The van der Waals surface area contributed by atoms with Crippen molar-refractivity contribution in [2.45, 2.75) is 38.6 Å². The maximum atomic E-state index is 13.1. The number of hydrogen-bond donors (Lipinski definition) is 1. The molecule has 194 valence electrons. The van der Waals surface area contributed by atoms with E-state index in [4.69, 9.17) is 27.7 Å². The summed E-state index contributed by atoms with van der Waals surface area (Å²) in [7, 11) is 0. The van der Waals surface area contributed by atoms with Crippen LogP contribution in [0.2, 0.25) is 10.0 Å². The molecular weight excluding hydrogens is 513 g/mol. The monoisotopic (exact) mass is 541 g/mol. The first kappa shape index (κ1) is 25.7. The standard InChI is InChI=1S/C27H29Cl2N5O3/c28-19-8-9-20(22(29)16-19)25-31-24(37-32-25)17-33-14-10-18(11-15-33)26(35)30-23-7-3-2-6-21(23)27(36)34-12-4-1-5-13-34/h2-3,6-9,16,18H,1,4-5,10-15,17H2,(H,30,35). The van der Waals surface area contributed by atoms with E-state index in [1.165, 1.54) is 0 Å². The molecule has 0 saturated carbocycles. The van der Waals surface area contributed by atoms with Crippen molar-refractivity contribution >= 4 is 40.7 Å². The highest BCUT2D eigenvalue weighted by Gasteiger charge is 2.28. The van der Waals surface area contributed by atoms with E-state index in [1.54, 1.807) is 24.3 Å². The summed E-state index contributed by atoms with van der Waals surface area (Å²) in [5.74, 6) is 0.735. The van der Waals surface area contributed by atoms with Crippen molar-refractivity contribution in [1.29, 1.82) is 0 Å². The van der Waals surface area contributed by atoms with Gasteiger partial charge in [-0.2, -0.15) is 4.98 Å². The number of nitrogens with zero attached hydrogens (tertiary/aromatic N) is 4. The Labute approximate surface area is 225 Å². The minimum Gasteiger partial charge on any atom is -0.339 e. The molecular formula is C27H29Cl2N5O3. The lowest BCUT2D eigenvalue weighted by Crippen LogP contribution is -2.38. The van der Waals surface area contributed by atoms with E-state index in [-0.39, 0.29) is 17.7 Å². The average Bonchev–Trinajstić information content (AvgIpc) is 3.37. The highest BCUT2D eigenvalue weighted by atomic mass is 35.5. The van der Waals surface area contributed by atoms with Gasteiger partial charge in [0.15, 0.2) is 0 Å². The van der Waals surface area contributed by atoms with Gasteiger partial charge in [0.25, 0.3) is 5.91 Å². The number of carbonyl (C=O) groups is 2. The number of benzene rings is 2. The minimum atomic E-state index is -0.125. The highest BCUT2D eigenvalue weighted by molar-refractivity contribution is 6.36. The summed E-state index contributed by atoms with van der Waals surface area (Å²) in [6.07, 6.45) is 4.62. The first-order valence-electron chi connectivity index (χ1n) is 12.7. The average molecular weight is 542 g/mol. The predicted octanol–water partition coefficient (Wildman–Crippen LogP) is 5.52. The Bertz CT molecular complexity index is 1270. The zero-order chi connectivity index (χ0) is 25.8. The van der Waals surface area contributed by atoms with Crippen molar-refractivity contribution in [2.24, 2.45) is 5.92 Å². The summed E-state index contributed by atoms with van der Waals surface area (Å²) in [6, 6.07) is 12.4. The van der Waals surface area contributed by atoms with Gasteiger partial charge in [-0.3, -0.25) is 14.5 Å². The number of hydrogen-bond acceptors (Lipinski definition) is 6. The third kappa shape index (κ3) is 6.14. The number of anilines is 1. The molecule has 8 nitrogen and oxygen atoms in total. The predicted molar refractivity (Wildman–Crippen MR) is 143 cm³/mol. The lowest BCUT2D eigenvalue weighted by molar-refractivity contribution is -0.121. The molecule has 10 heteroatoms. The van der Waals surface area contributed by atoms with Crippen molar-refractivity contribution in [3.8, 4) is 11.4 Å². The molecule has 0 bridgehead atoms. The van der Waals surface area contributed by atoms with Crippen LogP contribution in [0.3, 0.4) is 0 Å². The number of nitrogens with one attached hydrogen (secondary N) is 1. The second-order valence-corrected chi connectivity index (χ2v) is 10.4. The van der Waals surface area contributed by atoms with E-state index >= 15 is 0 Å². The number of carbonyl (C=O) groups excluding carboxylic acids is 2. The molecule has 2 saturated heterocycles. The fourth-order valence-electron chi connectivity index (χ4n) is 4.92. The van der Waals surface area contributed by atoms with Crippen LogP contribution in [0.1, 0.15) is 48.4 Å². The number of amides is 2. The maximum Gasteiger partial charge on any atom is 0.255 e. The molecule has 0 radical (unpaired) electrons. The van der Waals surface area contributed by atoms with E-state index in [9.17, 15) is 9.59 Å². The Hall–Kier alpha value is -2.94. The summed E-state index contributed by atoms with van der Waals surface area (Å²) in [4.78, 5) is 34.7. The Morgan fingerprint density at radius 1 is 1.00 bits per heavy atom. The molecule has 1 N–H and O–H groups in total. The molecule has 2 aliphatic heterocycles. The van der Waals surface area contributed by atoms with Crippen LogP contribution in [0.15, 0.2) is 47.0 Å². The van der Waals surface area contributed by atoms with E-state index in [2.05, 4.69) is 20.4 Å². The van der Waals surface area contributed by atoms with Crippen LogP contribution in [0.5, 0.6) is 0 Å². The number of para-hydroxylation sites is 1. The molecule has 2 fully saturated rings. The molecule has 2 aliphatic rings. The van der Waals surface area contributed by atoms with Gasteiger partial charge in [-0.25, -0.2) is 0 Å². The van der Waals surface area contributed by atoms with Gasteiger partial charge < -0.3 is 14.7 Å². The van der Waals surface area contributed by atoms with Gasteiger partial charge in [0.2, 0.25) is 17.6 Å².